The molecule has 0 radical (unpaired) electrons. The van der Waals surface area contributed by atoms with Crippen molar-refractivity contribution in [2.45, 2.75) is 33.5 Å². The van der Waals surface area contributed by atoms with Gasteiger partial charge in [0.15, 0.2) is 0 Å². The molecular formula is C38H34Cl2N14O5. The highest BCUT2D eigenvalue weighted by atomic mass is 35.5. The number of carbonyl (C=O) groups is 3. The first-order chi connectivity index (χ1) is 28.3. The zero-order valence-corrected chi connectivity index (χ0v) is 33.0. The predicted molar refractivity (Wildman–Crippen MR) is 216 cm³/mol. The molecule has 0 aliphatic rings. The number of hydrogen-bond acceptors (Lipinski definition) is 14. The number of halogens is 2. The number of anilines is 1. The second-order valence-electron chi connectivity index (χ2n) is 12.6. The Morgan fingerprint density at radius 2 is 1.39 bits per heavy atom. The molecule has 8 rings (SSSR count). The van der Waals surface area contributed by atoms with Gasteiger partial charge in [0, 0.05) is 35.4 Å². The Bertz CT molecular complexity index is 2750. The first kappa shape index (κ1) is 41.3. The number of aromatic amines is 1. The molecular weight excluding hydrogens is 803 g/mol. The number of hydrogen-bond donors (Lipinski definition) is 4. The lowest BCUT2D eigenvalue weighted by Gasteiger charge is -2.10. The van der Waals surface area contributed by atoms with Gasteiger partial charge in [-0.2, -0.15) is 5.10 Å². The summed E-state index contributed by atoms with van der Waals surface area (Å²) in [6.07, 6.45) is 7.39. The maximum absolute atomic E-state index is 12.5. The standard InChI is InChI=1S/C21H20ClN7O.C13H9ClN4O2.C4H5N3O2/c1-12-5-19(23)27-13(2)17(12)9-25-21(30)20-26-11-29(28-20)10-14-3-4-18-15(6-14)7-16(22)8-24-18;14-10-4-9-3-8(1-2-11(9)15-5-10)6-18-7-16-12(17-18)13(19)20;1-9-4(8)3-5-2-6-7-3/h3-8,11H,9-10H2,1-2H3,(H2,23,27)(H,25,30);1-5,7H,6H2,(H,19,20);2H,1H3,(H,5,6,7). The molecule has 8 aromatic rings. The fourth-order valence-electron chi connectivity index (χ4n) is 5.63. The Labute approximate surface area is 344 Å². The van der Waals surface area contributed by atoms with E-state index in [1.165, 1.54) is 30.8 Å². The zero-order chi connectivity index (χ0) is 42.1. The van der Waals surface area contributed by atoms with Crippen molar-refractivity contribution in [2.24, 2.45) is 0 Å². The van der Waals surface area contributed by atoms with E-state index in [0.29, 0.717) is 35.5 Å². The molecule has 0 fully saturated rings. The summed E-state index contributed by atoms with van der Waals surface area (Å²) in [5.41, 5.74) is 12.1. The van der Waals surface area contributed by atoms with Gasteiger partial charge in [-0.15, -0.1) is 10.2 Å². The van der Waals surface area contributed by atoms with Crippen LogP contribution < -0.4 is 11.1 Å². The van der Waals surface area contributed by atoms with Gasteiger partial charge in [0.1, 0.15) is 24.8 Å². The molecule has 1 amide bonds. The lowest BCUT2D eigenvalue weighted by molar-refractivity contribution is 0.0586. The van der Waals surface area contributed by atoms with Crippen molar-refractivity contribution < 1.29 is 24.2 Å². The number of carbonyl (C=O) groups excluding carboxylic acids is 2. The molecule has 0 aliphatic carbocycles. The van der Waals surface area contributed by atoms with E-state index in [2.05, 4.69) is 60.4 Å². The number of aromatic carboxylic acids is 1. The Kier molecular flexibility index (Phi) is 13.1. The fraction of sp³-hybridized carbons (Fsp3) is 0.158. The highest BCUT2D eigenvalue weighted by Crippen LogP contribution is 2.20. The van der Waals surface area contributed by atoms with Gasteiger partial charge in [0.25, 0.3) is 11.7 Å². The van der Waals surface area contributed by atoms with Crippen LogP contribution in [0.3, 0.4) is 0 Å². The summed E-state index contributed by atoms with van der Waals surface area (Å²) in [6, 6.07) is 17.1. The van der Waals surface area contributed by atoms with Crippen LogP contribution in [0.1, 0.15) is 59.8 Å². The average Bonchev–Trinajstić information content (AvgIpc) is 4.01. The normalized spacial score (nSPS) is 10.7. The summed E-state index contributed by atoms with van der Waals surface area (Å²) in [5, 5.41) is 28.6. The smallest absolute Gasteiger partial charge is 0.375 e. The number of fused-ring (bicyclic) bond motifs is 2. The van der Waals surface area contributed by atoms with Crippen LogP contribution in [0.5, 0.6) is 0 Å². The van der Waals surface area contributed by atoms with Gasteiger partial charge in [0.2, 0.25) is 11.6 Å². The lowest BCUT2D eigenvalue weighted by atomic mass is 10.1. The van der Waals surface area contributed by atoms with Crippen LogP contribution in [0.25, 0.3) is 21.8 Å². The topological polar surface area (TPSA) is 260 Å². The number of nitrogens with one attached hydrogen (secondary N) is 2. The summed E-state index contributed by atoms with van der Waals surface area (Å²) < 4.78 is 7.42. The first-order valence-corrected chi connectivity index (χ1v) is 18.2. The zero-order valence-electron chi connectivity index (χ0n) is 31.5. The Balaban J connectivity index is 0.000000172. The van der Waals surface area contributed by atoms with Crippen LogP contribution in [0, 0.1) is 13.8 Å². The number of H-pyrrole nitrogens is 1. The minimum absolute atomic E-state index is 0.110. The minimum atomic E-state index is -1.14. The van der Waals surface area contributed by atoms with Gasteiger partial charge in [-0.3, -0.25) is 19.9 Å². The number of nitrogens with two attached hydrogens (primary N) is 1. The van der Waals surface area contributed by atoms with Crippen molar-refractivity contribution in [3.05, 3.63) is 141 Å². The number of amides is 1. The molecule has 6 aromatic heterocycles. The van der Waals surface area contributed by atoms with E-state index < -0.39 is 11.9 Å². The average molecular weight is 838 g/mol. The number of carboxylic acids is 1. The molecule has 300 valence electrons. The monoisotopic (exact) mass is 836 g/mol. The number of benzene rings is 2. The van der Waals surface area contributed by atoms with Crippen LogP contribution in [0.4, 0.5) is 5.82 Å². The van der Waals surface area contributed by atoms with Gasteiger partial charge < -0.3 is 20.9 Å². The van der Waals surface area contributed by atoms with E-state index in [9.17, 15) is 14.4 Å². The van der Waals surface area contributed by atoms with Crippen LogP contribution in [-0.4, -0.2) is 89.7 Å². The maximum Gasteiger partial charge on any atom is 0.375 e. The number of rotatable bonds is 9. The molecule has 21 heteroatoms. The summed E-state index contributed by atoms with van der Waals surface area (Å²) in [4.78, 5) is 57.8. The molecule has 6 heterocycles. The number of methoxy groups -OCH3 is 1. The third-order valence-corrected chi connectivity index (χ3v) is 8.79. The second-order valence-corrected chi connectivity index (χ2v) is 13.5. The predicted octanol–water partition coefficient (Wildman–Crippen LogP) is 4.87. The summed E-state index contributed by atoms with van der Waals surface area (Å²) >= 11 is 11.9. The highest BCUT2D eigenvalue weighted by molar-refractivity contribution is 6.31. The molecule has 2 aromatic carbocycles. The number of pyridine rings is 3. The number of carboxylic acid groups (broad SMARTS) is 1. The molecule has 0 bridgehead atoms. The van der Waals surface area contributed by atoms with Crippen molar-refractivity contribution in [1.82, 2.24) is 65.0 Å². The summed E-state index contributed by atoms with van der Waals surface area (Å²) in [5.74, 6) is -1.51. The molecule has 0 saturated heterocycles. The van der Waals surface area contributed by atoms with Gasteiger partial charge in [-0.1, -0.05) is 35.3 Å². The van der Waals surface area contributed by atoms with Crippen LogP contribution in [0.15, 0.2) is 86.0 Å². The number of nitrogens with zero attached hydrogens (tertiary/aromatic N) is 11. The SMILES string of the molecule is COC(=O)c1ncn[nH]1.Cc1cc(N)nc(C)c1CNC(=O)c1ncn(Cc2ccc3ncc(Cl)cc3c2)n1.O=C(O)c1ncn(Cc2ccc3ncc(Cl)cc3c2)n1. The van der Waals surface area contributed by atoms with E-state index in [4.69, 9.17) is 34.0 Å². The Hall–Kier alpha value is -7.38. The van der Waals surface area contributed by atoms with E-state index in [1.807, 2.05) is 62.4 Å². The van der Waals surface area contributed by atoms with Crippen molar-refractivity contribution in [3.63, 3.8) is 0 Å². The van der Waals surface area contributed by atoms with Crippen molar-refractivity contribution in [3.8, 4) is 0 Å². The molecule has 59 heavy (non-hydrogen) atoms. The maximum atomic E-state index is 12.5. The van der Waals surface area contributed by atoms with E-state index in [1.54, 1.807) is 23.1 Å². The van der Waals surface area contributed by atoms with Crippen molar-refractivity contribution in [1.29, 1.82) is 0 Å². The number of aryl methyl sites for hydroxylation is 2. The van der Waals surface area contributed by atoms with E-state index in [0.717, 1.165) is 49.8 Å². The van der Waals surface area contributed by atoms with Gasteiger partial charge >= 0.3 is 11.9 Å². The van der Waals surface area contributed by atoms with Crippen LogP contribution >= 0.6 is 23.2 Å². The fourth-order valence-corrected chi connectivity index (χ4v) is 5.96. The second kappa shape index (κ2) is 18.7. The van der Waals surface area contributed by atoms with Crippen molar-refractivity contribution in [2.75, 3.05) is 12.8 Å². The third kappa shape index (κ3) is 10.9. The van der Waals surface area contributed by atoms with Crippen LogP contribution in [0.2, 0.25) is 10.0 Å². The summed E-state index contributed by atoms with van der Waals surface area (Å²) in [6.45, 7) is 5.04. The molecule has 5 N–H and O–H groups in total. The summed E-state index contributed by atoms with van der Waals surface area (Å²) in [7, 11) is 1.28. The largest absolute Gasteiger partial charge is 0.475 e. The molecule has 0 aliphatic heterocycles. The molecule has 0 atom stereocenters. The molecule has 0 saturated carbocycles. The number of esters is 1. The molecule has 0 unspecified atom stereocenters. The lowest BCUT2D eigenvalue weighted by Crippen LogP contribution is -2.25. The quantitative estimate of drug-likeness (QED) is 0.141. The van der Waals surface area contributed by atoms with Gasteiger partial charge in [0.05, 0.1) is 41.3 Å². The van der Waals surface area contributed by atoms with Gasteiger partial charge in [-0.05, 0) is 78.6 Å². The van der Waals surface area contributed by atoms with E-state index in [-0.39, 0.29) is 23.4 Å². The number of nitrogen functional groups attached to an aromatic ring is 1. The van der Waals surface area contributed by atoms with E-state index >= 15 is 0 Å². The number of ether oxygens (including phenoxy) is 1. The third-order valence-electron chi connectivity index (χ3n) is 8.37. The molecule has 0 spiro atoms. The highest BCUT2D eigenvalue weighted by Gasteiger charge is 2.14. The van der Waals surface area contributed by atoms with Gasteiger partial charge in [-0.25, -0.2) is 38.9 Å². The Morgan fingerprint density at radius 1 is 0.814 bits per heavy atom. The van der Waals surface area contributed by atoms with Crippen molar-refractivity contribution >= 4 is 68.7 Å². The van der Waals surface area contributed by atoms with Crippen LogP contribution in [-0.2, 0) is 24.4 Å². The minimum Gasteiger partial charge on any atom is -0.475 e. The molecule has 19 nitrogen and oxygen atoms in total. The Morgan fingerprint density at radius 3 is 1.90 bits per heavy atom. The number of aromatic nitrogens is 12. The first-order valence-electron chi connectivity index (χ1n) is 17.4.